The van der Waals surface area contributed by atoms with Crippen LogP contribution >= 0.6 is 0 Å². The summed E-state index contributed by atoms with van der Waals surface area (Å²) in [5.41, 5.74) is 5.38. The van der Waals surface area contributed by atoms with Crippen molar-refractivity contribution in [3.05, 3.63) is 58.2 Å². The van der Waals surface area contributed by atoms with Gasteiger partial charge >= 0.3 is 12.1 Å². The number of hydrogen-bond donors (Lipinski definition) is 0. The van der Waals surface area contributed by atoms with Gasteiger partial charge in [-0.1, -0.05) is 61.8 Å². The van der Waals surface area contributed by atoms with Crippen molar-refractivity contribution >= 4 is 12.1 Å². The first-order valence-electron chi connectivity index (χ1n) is 19.2. The van der Waals surface area contributed by atoms with Crippen LogP contribution in [0.15, 0.2) is 41.5 Å². The van der Waals surface area contributed by atoms with E-state index in [2.05, 4.69) is 65.5 Å². The number of allylic oxidation sites excluding steroid dienone is 4. The first-order chi connectivity index (χ1) is 23.9. The molecule has 1 aromatic rings. The summed E-state index contributed by atoms with van der Waals surface area (Å²) in [5, 5.41) is 0. The molecule has 2 rings (SSSR count). The molecule has 1 saturated heterocycles. The van der Waals surface area contributed by atoms with Crippen LogP contribution in [0.1, 0.15) is 129 Å². The predicted octanol–water partition coefficient (Wildman–Crippen LogP) is 10.1. The summed E-state index contributed by atoms with van der Waals surface area (Å²) in [6.45, 7) is 22.1. The van der Waals surface area contributed by atoms with Crippen molar-refractivity contribution in [2.75, 3.05) is 39.5 Å². The van der Waals surface area contributed by atoms with Gasteiger partial charge in [0, 0.05) is 32.1 Å². The number of nitrogens with zero attached hydrogens (tertiary/aromatic N) is 1. The molecule has 0 bridgehead atoms. The lowest BCUT2D eigenvalue weighted by Crippen LogP contribution is -2.37. The molecule has 0 aliphatic carbocycles. The van der Waals surface area contributed by atoms with E-state index in [1.54, 1.807) is 0 Å². The topological polar surface area (TPSA) is 83.5 Å². The van der Waals surface area contributed by atoms with E-state index in [1.807, 2.05) is 25.1 Å². The number of carbonyl (C=O) groups is 2. The van der Waals surface area contributed by atoms with Crippen LogP contribution in [-0.4, -0.2) is 62.8 Å². The fraction of sp³-hybridized carbons (Fsp3) is 0.714. The third-order valence-corrected chi connectivity index (χ3v) is 9.28. The van der Waals surface area contributed by atoms with E-state index in [0.29, 0.717) is 44.0 Å². The van der Waals surface area contributed by atoms with Crippen LogP contribution in [0.25, 0.3) is 0 Å². The number of ether oxygens (including phenoxy) is 5. The zero-order valence-electron chi connectivity index (χ0n) is 32.7. The van der Waals surface area contributed by atoms with Crippen molar-refractivity contribution in [2.24, 2.45) is 17.8 Å². The summed E-state index contributed by atoms with van der Waals surface area (Å²) >= 11 is 0. The molecule has 0 spiro atoms. The average Bonchev–Trinajstić information content (AvgIpc) is 3.07. The molecular weight excluding hydrogens is 630 g/mol. The molecule has 0 amide bonds. The summed E-state index contributed by atoms with van der Waals surface area (Å²) < 4.78 is 28.8. The second-order valence-corrected chi connectivity index (χ2v) is 15.0. The van der Waals surface area contributed by atoms with Crippen LogP contribution in [0, 0.1) is 24.7 Å². The monoisotopic (exact) mass is 700 g/mol. The number of carbonyl (C=O) groups excluding carboxylic acids is 2. The van der Waals surface area contributed by atoms with Gasteiger partial charge in [-0.15, -0.1) is 0 Å². The molecule has 1 aliphatic heterocycles. The molecule has 0 saturated carbocycles. The lowest BCUT2D eigenvalue weighted by molar-refractivity contribution is -0.161. The molecule has 50 heavy (non-hydrogen) atoms. The second-order valence-electron chi connectivity index (χ2n) is 15.0. The van der Waals surface area contributed by atoms with Gasteiger partial charge < -0.3 is 28.6 Å². The summed E-state index contributed by atoms with van der Waals surface area (Å²) in [7, 11) is 0. The maximum Gasteiger partial charge on any atom is 0.508 e. The van der Waals surface area contributed by atoms with Crippen molar-refractivity contribution in [3.63, 3.8) is 0 Å². The second kappa shape index (κ2) is 25.3. The minimum absolute atomic E-state index is 0.102. The van der Waals surface area contributed by atoms with Gasteiger partial charge in [0.1, 0.15) is 13.2 Å². The molecule has 8 nitrogen and oxygen atoms in total. The maximum atomic E-state index is 12.8. The molecule has 1 aromatic carbocycles. The Morgan fingerprint density at radius 1 is 0.820 bits per heavy atom. The quantitative estimate of drug-likeness (QED) is 0.0599. The maximum absolute atomic E-state index is 12.8. The Bertz CT molecular complexity index is 1140. The van der Waals surface area contributed by atoms with Gasteiger partial charge in [-0.05, 0) is 128 Å². The molecule has 284 valence electrons. The molecule has 1 heterocycles. The number of benzene rings is 1. The number of piperidine rings is 1. The highest BCUT2D eigenvalue weighted by atomic mass is 16.7. The van der Waals surface area contributed by atoms with E-state index in [9.17, 15) is 9.59 Å². The van der Waals surface area contributed by atoms with Gasteiger partial charge in [-0.2, -0.15) is 0 Å². The molecular formula is C42H69NO7. The molecule has 1 fully saturated rings. The normalized spacial score (nSPS) is 16.6. The standard InChI is InChI=1S/C42H69NO7/c1-9-43-22-12-17-37(28-43)29-49-42(45)50-31-39-26-36(8)25-38(27-39)30-48-40(44)18-19-41(46-23-20-34(6)15-10-13-32(2)3)47-24-21-35(7)16-11-14-33(4)5/h13-14,25-27,34-35,37,41H,9-12,15-24,28-31H2,1-8H3. The Morgan fingerprint density at radius 2 is 1.40 bits per heavy atom. The number of likely N-dealkylation sites (tertiary alicyclic amines) is 1. The van der Waals surface area contributed by atoms with E-state index in [4.69, 9.17) is 23.7 Å². The van der Waals surface area contributed by atoms with E-state index < -0.39 is 12.4 Å². The van der Waals surface area contributed by atoms with Crippen LogP contribution in [-0.2, 0) is 41.7 Å². The zero-order chi connectivity index (χ0) is 36.7. The van der Waals surface area contributed by atoms with Crippen molar-refractivity contribution in [3.8, 4) is 0 Å². The number of rotatable bonds is 24. The van der Waals surface area contributed by atoms with Gasteiger partial charge in [-0.25, -0.2) is 4.79 Å². The first-order valence-corrected chi connectivity index (χ1v) is 19.2. The predicted molar refractivity (Wildman–Crippen MR) is 202 cm³/mol. The highest BCUT2D eigenvalue weighted by Gasteiger charge is 2.21. The SMILES string of the molecule is CCN1CCCC(COC(=O)OCc2cc(C)cc(COC(=O)CCC(OCCC(C)CCC=C(C)C)OCCC(C)CCC=C(C)C)c2)C1. The Balaban J connectivity index is 1.80. The van der Waals surface area contributed by atoms with Gasteiger partial charge in [0.15, 0.2) is 6.29 Å². The fourth-order valence-corrected chi connectivity index (χ4v) is 6.15. The zero-order valence-corrected chi connectivity index (χ0v) is 32.7. The van der Waals surface area contributed by atoms with E-state index >= 15 is 0 Å². The highest BCUT2D eigenvalue weighted by molar-refractivity contribution is 5.69. The molecule has 0 radical (unpaired) electrons. The summed E-state index contributed by atoms with van der Waals surface area (Å²) in [6.07, 6.45) is 12.7. The fourth-order valence-electron chi connectivity index (χ4n) is 6.15. The lowest BCUT2D eigenvalue weighted by Gasteiger charge is -2.31. The molecule has 0 aromatic heterocycles. The summed E-state index contributed by atoms with van der Waals surface area (Å²) in [4.78, 5) is 27.5. The van der Waals surface area contributed by atoms with Crippen LogP contribution in [0.4, 0.5) is 4.79 Å². The van der Waals surface area contributed by atoms with Crippen LogP contribution < -0.4 is 0 Å². The van der Waals surface area contributed by atoms with Gasteiger partial charge in [0.25, 0.3) is 0 Å². The Labute approximate surface area is 304 Å². The summed E-state index contributed by atoms with van der Waals surface area (Å²) in [5.74, 6) is 1.16. The molecule has 3 unspecified atom stereocenters. The Kier molecular flexibility index (Phi) is 22.0. The molecule has 0 N–H and O–H groups in total. The van der Waals surface area contributed by atoms with Crippen molar-refractivity contribution in [1.29, 1.82) is 0 Å². The number of hydrogen-bond acceptors (Lipinski definition) is 8. The van der Waals surface area contributed by atoms with E-state index in [-0.39, 0.29) is 25.6 Å². The number of esters is 1. The minimum Gasteiger partial charge on any atom is -0.461 e. The van der Waals surface area contributed by atoms with Crippen molar-refractivity contribution in [2.45, 2.75) is 139 Å². The van der Waals surface area contributed by atoms with Crippen LogP contribution in [0.3, 0.4) is 0 Å². The third kappa shape index (κ3) is 20.9. The summed E-state index contributed by atoms with van der Waals surface area (Å²) in [6, 6.07) is 5.84. The van der Waals surface area contributed by atoms with Crippen LogP contribution in [0.2, 0.25) is 0 Å². The largest absolute Gasteiger partial charge is 0.508 e. The van der Waals surface area contributed by atoms with Crippen LogP contribution in [0.5, 0.6) is 0 Å². The lowest BCUT2D eigenvalue weighted by atomic mass is 9.99. The first kappa shape index (κ1) is 43.5. The van der Waals surface area contributed by atoms with Gasteiger partial charge in [0.05, 0.1) is 13.0 Å². The van der Waals surface area contributed by atoms with E-state index in [0.717, 1.165) is 87.7 Å². The number of aryl methyl sites for hydroxylation is 1. The van der Waals surface area contributed by atoms with Gasteiger partial charge in [-0.3, -0.25) is 4.79 Å². The smallest absolute Gasteiger partial charge is 0.461 e. The molecule has 8 heteroatoms. The Hall–Kier alpha value is -2.68. The Morgan fingerprint density at radius 3 is 1.96 bits per heavy atom. The van der Waals surface area contributed by atoms with Gasteiger partial charge in [0.2, 0.25) is 0 Å². The van der Waals surface area contributed by atoms with E-state index in [1.165, 1.54) is 11.1 Å². The average molecular weight is 700 g/mol. The molecule has 3 atom stereocenters. The minimum atomic E-state index is -0.650. The third-order valence-electron chi connectivity index (χ3n) is 9.28. The highest BCUT2D eigenvalue weighted by Crippen LogP contribution is 2.19. The molecule has 1 aliphatic rings. The van der Waals surface area contributed by atoms with Crippen molar-refractivity contribution < 1.29 is 33.3 Å². The van der Waals surface area contributed by atoms with Crippen molar-refractivity contribution in [1.82, 2.24) is 4.90 Å².